The highest BCUT2D eigenvalue weighted by atomic mass is 19.1. The Labute approximate surface area is 178 Å². The van der Waals surface area contributed by atoms with Crippen molar-refractivity contribution in [1.29, 1.82) is 0 Å². The number of pyridine rings is 1. The lowest BCUT2D eigenvalue weighted by Gasteiger charge is -2.23. The van der Waals surface area contributed by atoms with Gasteiger partial charge in [-0.1, -0.05) is 36.4 Å². The van der Waals surface area contributed by atoms with Crippen LogP contribution in [0.1, 0.15) is 21.6 Å². The summed E-state index contributed by atoms with van der Waals surface area (Å²) in [4.78, 5) is 31.5. The van der Waals surface area contributed by atoms with Gasteiger partial charge in [0.1, 0.15) is 11.9 Å². The van der Waals surface area contributed by atoms with E-state index in [1.165, 1.54) is 9.58 Å². The number of aromatic nitrogens is 3. The van der Waals surface area contributed by atoms with Gasteiger partial charge in [-0.2, -0.15) is 5.10 Å². The van der Waals surface area contributed by atoms with Gasteiger partial charge in [-0.05, 0) is 23.6 Å². The molecule has 1 aliphatic rings. The first-order valence-corrected chi connectivity index (χ1v) is 9.73. The molecule has 1 aliphatic heterocycles. The fourth-order valence-corrected chi connectivity index (χ4v) is 3.66. The van der Waals surface area contributed by atoms with Crippen LogP contribution in [0.3, 0.4) is 0 Å². The number of fused-ring (bicyclic) bond motifs is 1. The van der Waals surface area contributed by atoms with Crippen LogP contribution in [0, 0.1) is 24.1 Å². The third kappa shape index (κ3) is 4.03. The molecule has 156 valence electrons. The van der Waals surface area contributed by atoms with Gasteiger partial charge in [0.25, 0.3) is 11.8 Å². The van der Waals surface area contributed by atoms with Crippen LogP contribution in [0.15, 0.2) is 54.9 Å². The number of amides is 2. The molecule has 7 nitrogen and oxygen atoms in total. The van der Waals surface area contributed by atoms with Crippen LogP contribution in [0.4, 0.5) is 10.2 Å². The van der Waals surface area contributed by atoms with E-state index in [1.807, 2.05) is 36.4 Å². The van der Waals surface area contributed by atoms with Crippen molar-refractivity contribution < 1.29 is 14.0 Å². The first kappa shape index (κ1) is 20.3. The molecule has 0 saturated heterocycles. The maximum absolute atomic E-state index is 14.5. The number of carbonyl (C=O) groups excluding carboxylic acids is 2. The molecular formula is C23H20FN5O2. The molecule has 8 heteroatoms. The summed E-state index contributed by atoms with van der Waals surface area (Å²) in [5.41, 5.74) is 1.33. The summed E-state index contributed by atoms with van der Waals surface area (Å²) in [5.74, 6) is 0.475. The van der Waals surface area contributed by atoms with Gasteiger partial charge in [0, 0.05) is 13.2 Å². The first-order chi connectivity index (χ1) is 15.0. The molecule has 4 rings (SSSR count). The Hall–Kier alpha value is -3.99. The molecule has 0 bridgehead atoms. The number of nitrogens with zero attached hydrogens (tertiary/aromatic N) is 4. The molecule has 0 radical (unpaired) electrons. The van der Waals surface area contributed by atoms with Crippen molar-refractivity contribution in [2.24, 2.45) is 5.92 Å². The van der Waals surface area contributed by atoms with Crippen LogP contribution >= 0.6 is 0 Å². The van der Waals surface area contributed by atoms with Gasteiger partial charge in [0.15, 0.2) is 11.5 Å². The first-order valence-electron chi connectivity index (χ1n) is 9.73. The van der Waals surface area contributed by atoms with Crippen LogP contribution in [-0.4, -0.2) is 39.7 Å². The van der Waals surface area contributed by atoms with E-state index in [-0.39, 0.29) is 5.69 Å². The number of rotatable bonds is 4. The highest BCUT2D eigenvalue weighted by Crippen LogP contribution is 2.27. The zero-order valence-electron chi connectivity index (χ0n) is 16.8. The summed E-state index contributed by atoms with van der Waals surface area (Å²) in [5, 5.41) is 6.66. The summed E-state index contributed by atoms with van der Waals surface area (Å²) in [6.45, 7) is 0.310. The van der Waals surface area contributed by atoms with E-state index in [1.54, 1.807) is 19.3 Å². The minimum Gasteiger partial charge on any atom is -0.338 e. The number of terminal acetylenes is 1. The zero-order valence-corrected chi connectivity index (χ0v) is 16.8. The summed E-state index contributed by atoms with van der Waals surface area (Å²) in [7, 11) is 1.57. The number of likely N-dealkylation sites (N-methyl/N-ethyl adjacent to an activating group) is 1. The minimum atomic E-state index is -1.03. The third-order valence-corrected chi connectivity index (χ3v) is 5.24. The summed E-state index contributed by atoms with van der Waals surface area (Å²) in [6.07, 6.45) is 8.77. The molecule has 2 atom stereocenters. The molecular weight excluding hydrogens is 397 g/mol. The molecule has 1 N–H and O–H groups in total. The van der Waals surface area contributed by atoms with Crippen molar-refractivity contribution in [1.82, 2.24) is 20.1 Å². The van der Waals surface area contributed by atoms with Crippen molar-refractivity contribution in [2.45, 2.75) is 19.0 Å². The monoisotopic (exact) mass is 417 g/mol. The lowest BCUT2D eigenvalue weighted by Crippen LogP contribution is -2.50. The smallest absolute Gasteiger partial charge is 0.275 e. The zero-order chi connectivity index (χ0) is 22.0. The molecule has 0 saturated carbocycles. The van der Waals surface area contributed by atoms with E-state index in [9.17, 15) is 14.0 Å². The average Bonchev–Trinajstić information content (AvgIpc) is 3.11. The van der Waals surface area contributed by atoms with Crippen molar-refractivity contribution in [3.05, 3.63) is 77.5 Å². The number of anilines is 1. The predicted octanol–water partition coefficient (Wildman–Crippen LogP) is 2.03. The fourth-order valence-electron chi connectivity index (χ4n) is 3.66. The normalized spacial score (nSPS) is 18.1. The molecule has 0 aliphatic carbocycles. The van der Waals surface area contributed by atoms with Crippen LogP contribution in [-0.2, 0) is 17.8 Å². The largest absolute Gasteiger partial charge is 0.338 e. The van der Waals surface area contributed by atoms with E-state index in [4.69, 9.17) is 6.42 Å². The standard InChI is InChI=1S/C23H20FN5O2/c1-3-16-12-17-10-7-11-25-21(17)28(2)23(31)19(16)26-22(30)20-18(24)14-29(27-20)13-15-8-5-4-6-9-15/h1,4-11,14,16,19H,12-13H2,2H3,(H,26,30)/t16-,19-/m1/s1. The fraction of sp³-hybridized carbons (Fsp3) is 0.217. The van der Waals surface area contributed by atoms with Gasteiger partial charge in [-0.15, -0.1) is 12.3 Å². The Kier molecular flexibility index (Phi) is 5.50. The number of halogens is 1. The van der Waals surface area contributed by atoms with E-state index in [0.717, 1.165) is 17.3 Å². The lowest BCUT2D eigenvalue weighted by atomic mass is 9.94. The molecule has 0 spiro atoms. The minimum absolute atomic E-state index is 0.310. The molecule has 3 heterocycles. The van der Waals surface area contributed by atoms with Crippen molar-refractivity contribution in [3.8, 4) is 12.3 Å². The average molecular weight is 417 g/mol. The number of hydrogen-bond acceptors (Lipinski definition) is 4. The molecule has 3 aromatic rings. The molecule has 0 unspecified atom stereocenters. The van der Waals surface area contributed by atoms with Crippen molar-refractivity contribution in [3.63, 3.8) is 0 Å². The second kappa shape index (κ2) is 8.40. The number of nitrogens with one attached hydrogen (secondary N) is 1. The quantitative estimate of drug-likeness (QED) is 0.659. The Bertz CT molecular complexity index is 1170. The summed E-state index contributed by atoms with van der Waals surface area (Å²) >= 11 is 0. The highest BCUT2D eigenvalue weighted by molar-refractivity contribution is 6.02. The van der Waals surface area contributed by atoms with Gasteiger partial charge >= 0.3 is 0 Å². The SMILES string of the molecule is C#C[C@@H]1Cc2cccnc2N(C)C(=O)[C@@H]1NC(=O)c1nn(Cc2ccccc2)cc1F. The Morgan fingerprint density at radius 1 is 1.29 bits per heavy atom. The van der Waals surface area contributed by atoms with Crippen LogP contribution in [0.5, 0.6) is 0 Å². The lowest BCUT2D eigenvalue weighted by molar-refractivity contribution is -0.120. The van der Waals surface area contributed by atoms with E-state index in [2.05, 4.69) is 21.3 Å². The predicted molar refractivity (Wildman–Crippen MR) is 113 cm³/mol. The van der Waals surface area contributed by atoms with Crippen LogP contribution in [0.2, 0.25) is 0 Å². The van der Waals surface area contributed by atoms with E-state index >= 15 is 0 Å². The summed E-state index contributed by atoms with van der Waals surface area (Å²) < 4.78 is 15.8. The molecule has 2 aromatic heterocycles. The summed E-state index contributed by atoms with van der Waals surface area (Å²) in [6, 6.07) is 11.9. The third-order valence-electron chi connectivity index (χ3n) is 5.24. The maximum atomic E-state index is 14.5. The topological polar surface area (TPSA) is 80.1 Å². The van der Waals surface area contributed by atoms with Gasteiger partial charge < -0.3 is 5.32 Å². The van der Waals surface area contributed by atoms with Crippen LogP contribution < -0.4 is 10.2 Å². The molecule has 2 amide bonds. The number of hydrogen-bond donors (Lipinski definition) is 1. The number of benzene rings is 1. The molecule has 0 fully saturated rings. The van der Waals surface area contributed by atoms with Gasteiger partial charge in [-0.25, -0.2) is 9.37 Å². The second-order valence-corrected chi connectivity index (χ2v) is 7.32. The Balaban J connectivity index is 1.56. The number of carbonyl (C=O) groups is 2. The molecule has 31 heavy (non-hydrogen) atoms. The Morgan fingerprint density at radius 3 is 2.81 bits per heavy atom. The molecule has 1 aromatic carbocycles. The van der Waals surface area contributed by atoms with Crippen molar-refractivity contribution >= 4 is 17.6 Å². The maximum Gasteiger partial charge on any atom is 0.275 e. The Morgan fingerprint density at radius 2 is 2.06 bits per heavy atom. The second-order valence-electron chi connectivity index (χ2n) is 7.32. The van der Waals surface area contributed by atoms with E-state index < -0.39 is 29.6 Å². The van der Waals surface area contributed by atoms with E-state index in [0.29, 0.717) is 18.8 Å². The van der Waals surface area contributed by atoms with Crippen LogP contribution in [0.25, 0.3) is 0 Å². The van der Waals surface area contributed by atoms with Gasteiger partial charge in [-0.3, -0.25) is 19.2 Å². The van der Waals surface area contributed by atoms with Gasteiger partial charge in [0.05, 0.1) is 18.7 Å². The van der Waals surface area contributed by atoms with Gasteiger partial charge in [0.2, 0.25) is 0 Å². The highest BCUT2D eigenvalue weighted by Gasteiger charge is 2.37. The van der Waals surface area contributed by atoms with Crippen molar-refractivity contribution in [2.75, 3.05) is 11.9 Å².